The van der Waals surface area contributed by atoms with Crippen LogP contribution in [0.3, 0.4) is 0 Å². The summed E-state index contributed by atoms with van der Waals surface area (Å²) in [5.74, 6) is 1.12. The van der Waals surface area contributed by atoms with Crippen LogP contribution in [-0.2, 0) is 6.54 Å². The van der Waals surface area contributed by atoms with Gasteiger partial charge in [0.1, 0.15) is 0 Å². The van der Waals surface area contributed by atoms with Gasteiger partial charge in [0.05, 0.1) is 0 Å². The molecule has 0 heterocycles. The standard InChI is InChI=1S/C12H17Cl2NS/c1-3-11(8-16-2)15-7-9-6-10(13)4-5-12(9)14/h4-6,11,15H,3,7-8H2,1-2H3. The molecule has 0 spiro atoms. The molecule has 0 bridgehead atoms. The van der Waals surface area contributed by atoms with E-state index in [0.29, 0.717) is 6.04 Å². The summed E-state index contributed by atoms with van der Waals surface area (Å²) >= 11 is 13.9. The summed E-state index contributed by atoms with van der Waals surface area (Å²) in [5, 5.41) is 5.00. The van der Waals surface area contributed by atoms with Gasteiger partial charge < -0.3 is 5.32 Å². The summed E-state index contributed by atoms with van der Waals surface area (Å²) in [6, 6.07) is 6.11. The Balaban J connectivity index is 2.55. The third-order valence-corrected chi connectivity index (χ3v) is 3.79. The highest BCUT2D eigenvalue weighted by molar-refractivity contribution is 7.98. The molecule has 0 aliphatic heterocycles. The van der Waals surface area contributed by atoms with Gasteiger partial charge in [-0.05, 0) is 36.4 Å². The highest BCUT2D eigenvalue weighted by Gasteiger charge is 2.06. The zero-order valence-electron chi connectivity index (χ0n) is 9.59. The van der Waals surface area contributed by atoms with E-state index >= 15 is 0 Å². The summed E-state index contributed by atoms with van der Waals surface area (Å²) in [7, 11) is 0. The van der Waals surface area contributed by atoms with Gasteiger partial charge in [-0.3, -0.25) is 0 Å². The first-order chi connectivity index (χ1) is 7.67. The molecular formula is C12H17Cl2NS. The van der Waals surface area contributed by atoms with E-state index in [1.807, 2.05) is 30.0 Å². The van der Waals surface area contributed by atoms with Crippen LogP contribution in [0.4, 0.5) is 0 Å². The molecule has 0 radical (unpaired) electrons. The Kier molecular flexibility index (Phi) is 6.59. The van der Waals surface area contributed by atoms with Crippen LogP contribution in [0.5, 0.6) is 0 Å². The maximum Gasteiger partial charge on any atom is 0.0451 e. The van der Waals surface area contributed by atoms with Crippen molar-refractivity contribution < 1.29 is 0 Å². The second-order valence-electron chi connectivity index (χ2n) is 3.68. The maximum atomic E-state index is 6.10. The predicted molar refractivity (Wildman–Crippen MR) is 75.8 cm³/mol. The smallest absolute Gasteiger partial charge is 0.0451 e. The zero-order valence-corrected chi connectivity index (χ0v) is 11.9. The predicted octanol–water partition coefficient (Wildman–Crippen LogP) is 4.22. The van der Waals surface area contributed by atoms with Gasteiger partial charge in [-0.25, -0.2) is 0 Å². The minimum absolute atomic E-state index is 0.532. The molecule has 0 saturated heterocycles. The summed E-state index contributed by atoms with van der Waals surface area (Å²) in [6.45, 7) is 2.96. The largest absolute Gasteiger partial charge is 0.309 e. The summed E-state index contributed by atoms with van der Waals surface area (Å²) < 4.78 is 0. The number of hydrogen-bond donors (Lipinski definition) is 1. The zero-order chi connectivity index (χ0) is 12.0. The van der Waals surface area contributed by atoms with Gasteiger partial charge in [-0.2, -0.15) is 11.8 Å². The Labute approximate surface area is 112 Å². The third-order valence-electron chi connectivity index (χ3n) is 2.45. The van der Waals surface area contributed by atoms with E-state index in [1.165, 1.54) is 0 Å². The molecule has 1 N–H and O–H groups in total. The third kappa shape index (κ3) is 4.54. The molecule has 1 nitrogen and oxygen atoms in total. The number of halogens is 2. The lowest BCUT2D eigenvalue weighted by Gasteiger charge is -2.16. The lowest BCUT2D eigenvalue weighted by molar-refractivity contribution is 0.541. The Bertz CT molecular complexity index is 331. The number of nitrogens with one attached hydrogen (secondary N) is 1. The molecule has 1 rings (SSSR count). The second kappa shape index (κ2) is 7.44. The highest BCUT2D eigenvalue weighted by atomic mass is 35.5. The van der Waals surface area contributed by atoms with Crippen LogP contribution in [0.25, 0.3) is 0 Å². The fourth-order valence-corrected chi connectivity index (χ4v) is 2.59. The molecule has 1 atom stereocenters. The highest BCUT2D eigenvalue weighted by Crippen LogP contribution is 2.20. The topological polar surface area (TPSA) is 12.0 Å². The molecule has 0 amide bonds. The Morgan fingerprint density at radius 1 is 1.38 bits per heavy atom. The van der Waals surface area contributed by atoms with Crippen molar-refractivity contribution in [3.05, 3.63) is 33.8 Å². The normalized spacial score (nSPS) is 12.8. The minimum atomic E-state index is 0.532. The van der Waals surface area contributed by atoms with E-state index in [9.17, 15) is 0 Å². The van der Waals surface area contributed by atoms with Crippen molar-refractivity contribution in [1.82, 2.24) is 5.32 Å². The number of hydrogen-bond acceptors (Lipinski definition) is 2. The first kappa shape index (κ1) is 14.2. The van der Waals surface area contributed by atoms with Gasteiger partial charge >= 0.3 is 0 Å². The molecule has 0 aliphatic rings. The van der Waals surface area contributed by atoms with Crippen molar-refractivity contribution in [2.24, 2.45) is 0 Å². The maximum absolute atomic E-state index is 6.10. The van der Waals surface area contributed by atoms with E-state index in [4.69, 9.17) is 23.2 Å². The average Bonchev–Trinajstić information content (AvgIpc) is 2.28. The van der Waals surface area contributed by atoms with Gasteiger partial charge in [-0.15, -0.1) is 0 Å². The van der Waals surface area contributed by atoms with Gasteiger partial charge in [-0.1, -0.05) is 30.1 Å². The Morgan fingerprint density at radius 2 is 2.12 bits per heavy atom. The van der Waals surface area contributed by atoms with Crippen molar-refractivity contribution in [2.45, 2.75) is 25.9 Å². The van der Waals surface area contributed by atoms with Crippen LogP contribution in [0.1, 0.15) is 18.9 Å². The lowest BCUT2D eigenvalue weighted by Crippen LogP contribution is -2.30. The number of rotatable bonds is 6. The Morgan fingerprint density at radius 3 is 2.75 bits per heavy atom. The molecule has 0 fully saturated rings. The van der Waals surface area contributed by atoms with Crippen molar-refractivity contribution in [1.29, 1.82) is 0 Å². The summed E-state index contributed by atoms with van der Waals surface area (Å²) in [5.41, 5.74) is 1.06. The quantitative estimate of drug-likeness (QED) is 0.836. The molecule has 0 aromatic heterocycles. The SMILES string of the molecule is CCC(CSC)NCc1cc(Cl)ccc1Cl. The van der Waals surface area contributed by atoms with Crippen molar-refractivity contribution >= 4 is 35.0 Å². The molecule has 0 saturated carbocycles. The van der Waals surface area contributed by atoms with Gasteiger partial charge in [0.25, 0.3) is 0 Å². The summed E-state index contributed by atoms with van der Waals surface area (Å²) in [6.07, 6.45) is 3.25. The number of thioether (sulfide) groups is 1. The fraction of sp³-hybridized carbons (Fsp3) is 0.500. The first-order valence-corrected chi connectivity index (χ1v) is 7.48. The number of benzene rings is 1. The van der Waals surface area contributed by atoms with Gasteiger partial charge in [0.15, 0.2) is 0 Å². The molecule has 1 aromatic rings. The monoisotopic (exact) mass is 277 g/mol. The molecule has 4 heteroatoms. The van der Waals surface area contributed by atoms with Crippen LogP contribution >= 0.6 is 35.0 Å². The van der Waals surface area contributed by atoms with Crippen LogP contribution in [0.15, 0.2) is 18.2 Å². The lowest BCUT2D eigenvalue weighted by atomic mass is 10.2. The first-order valence-electron chi connectivity index (χ1n) is 5.33. The van der Waals surface area contributed by atoms with E-state index in [2.05, 4.69) is 18.5 Å². The van der Waals surface area contributed by atoms with Crippen LogP contribution < -0.4 is 5.32 Å². The minimum Gasteiger partial charge on any atom is -0.309 e. The van der Waals surface area contributed by atoms with E-state index in [1.54, 1.807) is 0 Å². The fourth-order valence-electron chi connectivity index (χ4n) is 1.46. The summed E-state index contributed by atoms with van der Waals surface area (Å²) in [4.78, 5) is 0. The van der Waals surface area contributed by atoms with Gasteiger partial charge in [0.2, 0.25) is 0 Å². The van der Waals surface area contributed by atoms with Crippen LogP contribution in [-0.4, -0.2) is 18.1 Å². The molecule has 1 unspecified atom stereocenters. The van der Waals surface area contributed by atoms with Crippen LogP contribution in [0, 0.1) is 0 Å². The molecule has 1 aromatic carbocycles. The van der Waals surface area contributed by atoms with Crippen molar-refractivity contribution in [3.8, 4) is 0 Å². The van der Waals surface area contributed by atoms with Crippen molar-refractivity contribution in [2.75, 3.05) is 12.0 Å². The van der Waals surface area contributed by atoms with E-state index in [0.717, 1.165) is 34.3 Å². The van der Waals surface area contributed by atoms with Crippen molar-refractivity contribution in [3.63, 3.8) is 0 Å². The molecule has 90 valence electrons. The van der Waals surface area contributed by atoms with E-state index < -0.39 is 0 Å². The van der Waals surface area contributed by atoms with Crippen LogP contribution in [0.2, 0.25) is 10.0 Å². The average molecular weight is 278 g/mol. The van der Waals surface area contributed by atoms with Gasteiger partial charge in [0, 0.05) is 28.4 Å². The molecular weight excluding hydrogens is 261 g/mol. The van der Waals surface area contributed by atoms with E-state index in [-0.39, 0.29) is 0 Å². The molecule has 16 heavy (non-hydrogen) atoms. The Hall–Kier alpha value is 0.110. The molecule has 0 aliphatic carbocycles. The second-order valence-corrected chi connectivity index (χ2v) is 5.43.